The van der Waals surface area contributed by atoms with Crippen LogP contribution in [0.3, 0.4) is 0 Å². The van der Waals surface area contributed by atoms with E-state index in [1.54, 1.807) is 24.3 Å². The minimum Gasteiger partial charge on any atom is -0.422 e. The van der Waals surface area contributed by atoms with Gasteiger partial charge in [0.25, 0.3) is 0 Å². The third-order valence-electron chi connectivity index (χ3n) is 3.97. The molecule has 0 aliphatic carbocycles. The Morgan fingerprint density at radius 3 is 2.29 bits per heavy atom. The Labute approximate surface area is 137 Å². The van der Waals surface area contributed by atoms with Crippen LogP contribution >= 0.6 is 0 Å². The molecular weight excluding hydrogens is 303 g/mol. The lowest BCUT2D eigenvalue weighted by molar-refractivity contribution is 0.563. The Morgan fingerprint density at radius 2 is 1.50 bits per heavy atom. The fourth-order valence-corrected chi connectivity index (χ4v) is 2.79. The normalized spacial score (nSPS) is 10.9. The maximum absolute atomic E-state index is 13.5. The highest BCUT2D eigenvalue weighted by molar-refractivity contribution is 5.86. The molecule has 0 N–H and O–H groups in total. The molecule has 0 saturated heterocycles. The minimum absolute atomic E-state index is 0.354. The van der Waals surface area contributed by atoms with Crippen LogP contribution in [0.4, 0.5) is 4.39 Å². The molecule has 3 aromatic carbocycles. The predicted octanol–water partition coefficient (Wildman–Crippen LogP) is 5.27. The summed E-state index contributed by atoms with van der Waals surface area (Å²) in [4.78, 5) is 12.2. The highest BCUT2D eigenvalue weighted by atomic mass is 19.1. The first-order valence-electron chi connectivity index (χ1n) is 7.60. The Hall–Kier alpha value is -3.20. The van der Waals surface area contributed by atoms with Gasteiger partial charge in [0.15, 0.2) is 0 Å². The highest BCUT2D eigenvalue weighted by Crippen LogP contribution is 2.26. The van der Waals surface area contributed by atoms with Crippen LogP contribution in [0.5, 0.6) is 0 Å². The third kappa shape index (κ3) is 2.61. The van der Waals surface area contributed by atoms with E-state index in [1.807, 2.05) is 42.5 Å². The molecule has 1 aromatic heterocycles. The van der Waals surface area contributed by atoms with Gasteiger partial charge in [-0.2, -0.15) is 0 Å². The number of halogens is 1. The van der Waals surface area contributed by atoms with Crippen molar-refractivity contribution in [2.24, 2.45) is 0 Å². The summed E-state index contributed by atoms with van der Waals surface area (Å²) < 4.78 is 18.9. The first kappa shape index (κ1) is 14.4. The zero-order valence-corrected chi connectivity index (χ0v) is 12.7. The lowest BCUT2D eigenvalue weighted by atomic mass is 10.0. The second-order valence-electron chi connectivity index (χ2n) is 5.58. The van der Waals surface area contributed by atoms with Crippen molar-refractivity contribution in [2.45, 2.75) is 0 Å². The second kappa shape index (κ2) is 5.78. The average molecular weight is 316 g/mol. The topological polar surface area (TPSA) is 30.2 Å². The molecule has 0 unspecified atom stereocenters. The van der Waals surface area contributed by atoms with Crippen LogP contribution in [0.15, 0.2) is 88.1 Å². The van der Waals surface area contributed by atoms with Gasteiger partial charge in [0.2, 0.25) is 0 Å². The molecule has 0 bridgehead atoms. The van der Waals surface area contributed by atoms with Crippen molar-refractivity contribution in [1.82, 2.24) is 0 Å². The van der Waals surface area contributed by atoms with Crippen molar-refractivity contribution in [1.29, 1.82) is 0 Å². The fourth-order valence-electron chi connectivity index (χ4n) is 2.79. The molecule has 0 radical (unpaired) electrons. The molecule has 1 heterocycles. The summed E-state index contributed by atoms with van der Waals surface area (Å²) in [6, 6.07) is 23.3. The summed E-state index contributed by atoms with van der Waals surface area (Å²) in [5, 5.41) is 0.801. The van der Waals surface area contributed by atoms with Gasteiger partial charge in [0.05, 0.1) is 5.56 Å². The van der Waals surface area contributed by atoms with Crippen LogP contribution in [0, 0.1) is 5.82 Å². The molecule has 0 amide bonds. The highest BCUT2D eigenvalue weighted by Gasteiger charge is 2.09. The van der Waals surface area contributed by atoms with Gasteiger partial charge in [-0.05, 0) is 47.0 Å². The summed E-state index contributed by atoms with van der Waals surface area (Å²) in [7, 11) is 0. The molecule has 0 aliphatic heterocycles. The quantitative estimate of drug-likeness (QED) is 0.472. The van der Waals surface area contributed by atoms with Crippen molar-refractivity contribution >= 4 is 11.0 Å². The number of fused-ring (bicyclic) bond motifs is 1. The van der Waals surface area contributed by atoms with Crippen molar-refractivity contribution in [3.63, 3.8) is 0 Å². The Bertz CT molecular complexity index is 1080. The van der Waals surface area contributed by atoms with Gasteiger partial charge in [-0.25, -0.2) is 9.18 Å². The van der Waals surface area contributed by atoms with E-state index in [2.05, 4.69) is 0 Å². The number of rotatable bonds is 2. The number of benzene rings is 3. The lowest BCUT2D eigenvalue weighted by Gasteiger charge is -2.06. The molecule has 2 nitrogen and oxygen atoms in total. The zero-order chi connectivity index (χ0) is 16.5. The van der Waals surface area contributed by atoms with Crippen molar-refractivity contribution in [3.05, 3.63) is 95.1 Å². The molecule has 0 fully saturated rings. The van der Waals surface area contributed by atoms with Crippen molar-refractivity contribution in [3.8, 4) is 22.3 Å². The van der Waals surface area contributed by atoms with Crippen LogP contribution < -0.4 is 5.63 Å². The second-order valence-corrected chi connectivity index (χ2v) is 5.58. The summed E-state index contributed by atoms with van der Waals surface area (Å²) in [5.74, 6) is -0.384. The smallest absolute Gasteiger partial charge is 0.344 e. The first-order chi connectivity index (χ1) is 11.7. The molecule has 4 rings (SSSR count). The van der Waals surface area contributed by atoms with Gasteiger partial charge in [-0.1, -0.05) is 48.5 Å². The maximum Gasteiger partial charge on any atom is 0.344 e. The van der Waals surface area contributed by atoms with E-state index in [4.69, 9.17) is 4.42 Å². The van der Waals surface area contributed by atoms with Crippen molar-refractivity contribution < 1.29 is 8.81 Å². The molecule has 0 aliphatic rings. The van der Waals surface area contributed by atoms with E-state index in [0.29, 0.717) is 16.7 Å². The van der Waals surface area contributed by atoms with Gasteiger partial charge in [-0.3, -0.25) is 0 Å². The summed E-state index contributed by atoms with van der Waals surface area (Å²) in [6.45, 7) is 0. The maximum atomic E-state index is 13.5. The molecular formula is C21H13FO2. The van der Waals surface area contributed by atoms with Gasteiger partial charge in [0, 0.05) is 5.39 Å². The van der Waals surface area contributed by atoms with Gasteiger partial charge in [0.1, 0.15) is 11.4 Å². The number of hydrogen-bond donors (Lipinski definition) is 0. The van der Waals surface area contributed by atoms with E-state index in [1.165, 1.54) is 12.1 Å². The Morgan fingerprint density at radius 1 is 0.708 bits per heavy atom. The van der Waals surface area contributed by atoms with Crippen LogP contribution in [0.25, 0.3) is 33.2 Å². The Balaban J connectivity index is 1.91. The first-order valence-corrected chi connectivity index (χ1v) is 7.60. The molecule has 24 heavy (non-hydrogen) atoms. The van der Waals surface area contributed by atoms with E-state index in [9.17, 15) is 9.18 Å². The van der Waals surface area contributed by atoms with Crippen LogP contribution in [0.1, 0.15) is 0 Å². The fraction of sp³-hybridized carbons (Fsp3) is 0. The van der Waals surface area contributed by atoms with Crippen LogP contribution in [0.2, 0.25) is 0 Å². The van der Waals surface area contributed by atoms with E-state index in [0.717, 1.165) is 16.5 Å². The molecule has 4 aromatic rings. The predicted molar refractivity (Wildman–Crippen MR) is 93.3 cm³/mol. The molecule has 3 heteroatoms. The summed E-state index contributed by atoms with van der Waals surface area (Å²) in [5.41, 5.74) is 3.02. The summed E-state index contributed by atoms with van der Waals surface area (Å²) >= 11 is 0. The number of hydrogen-bond acceptors (Lipinski definition) is 2. The van der Waals surface area contributed by atoms with E-state index >= 15 is 0 Å². The van der Waals surface area contributed by atoms with Gasteiger partial charge in [-0.15, -0.1) is 0 Å². The van der Waals surface area contributed by atoms with E-state index < -0.39 is 5.63 Å². The van der Waals surface area contributed by atoms with Crippen molar-refractivity contribution in [2.75, 3.05) is 0 Å². The van der Waals surface area contributed by atoms with Gasteiger partial charge < -0.3 is 4.42 Å². The molecule has 0 atom stereocenters. The molecule has 0 spiro atoms. The summed E-state index contributed by atoms with van der Waals surface area (Å²) in [6.07, 6.45) is 0. The third-order valence-corrected chi connectivity index (χ3v) is 3.97. The minimum atomic E-state index is -0.472. The lowest BCUT2D eigenvalue weighted by Crippen LogP contribution is -2.02. The SMILES string of the molecule is O=c1oc2ccc(-c3ccccc3)cc2cc1-c1cccc(F)c1. The van der Waals surface area contributed by atoms with Crippen LogP contribution in [-0.4, -0.2) is 0 Å². The standard InChI is InChI=1S/C21H13FO2/c22-18-8-4-7-16(12-18)19-13-17-11-15(14-5-2-1-3-6-14)9-10-20(17)24-21(19)23/h1-13H. The van der Waals surface area contributed by atoms with E-state index in [-0.39, 0.29) is 5.82 Å². The van der Waals surface area contributed by atoms with Crippen LogP contribution in [-0.2, 0) is 0 Å². The Kier molecular flexibility index (Phi) is 3.47. The molecule has 0 saturated carbocycles. The molecule has 116 valence electrons. The average Bonchev–Trinajstić information content (AvgIpc) is 2.61. The van der Waals surface area contributed by atoms with Gasteiger partial charge >= 0.3 is 5.63 Å². The zero-order valence-electron chi connectivity index (χ0n) is 12.7. The largest absolute Gasteiger partial charge is 0.422 e. The monoisotopic (exact) mass is 316 g/mol.